The summed E-state index contributed by atoms with van der Waals surface area (Å²) in [7, 11) is 0. The zero-order valence-electron chi connectivity index (χ0n) is 29.2. The SMILES string of the molecule is c1ccc(C2NC(c3ccc(-c4ccc(-c5nc6ccccc6c6oc7ccccc7c56)cc4)cc3)NC(c3cccc4c3oc3ccccc34)N2)cc1. The summed E-state index contributed by atoms with van der Waals surface area (Å²) in [5.41, 5.74) is 12.1. The Hall–Kier alpha value is -6.57. The Morgan fingerprint density at radius 1 is 0.389 bits per heavy atom. The van der Waals surface area contributed by atoms with Crippen molar-refractivity contribution in [2.24, 2.45) is 0 Å². The fourth-order valence-corrected chi connectivity index (χ4v) is 8.16. The number of rotatable bonds is 5. The molecule has 3 atom stereocenters. The lowest BCUT2D eigenvalue weighted by atomic mass is 9.98. The number of furan rings is 2. The van der Waals surface area contributed by atoms with Crippen LogP contribution in [0.15, 0.2) is 179 Å². The third kappa shape index (κ3) is 5.11. The number of pyridine rings is 1. The first-order chi connectivity index (χ1) is 26.7. The molecule has 0 amide bonds. The van der Waals surface area contributed by atoms with Crippen LogP contribution in [0.4, 0.5) is 0 Å². The maximum absolute atomic E-state index is 6.47. The summed E-state index contributed by atoms with van der Waals surface area (Å²) < 4.78 is 12.9. The minimum Gasteiger partial charge on any atom is -0.456 e. The molecule has 1 fully saturated rings. The predicted molar refractivity (Wildman–Crippen MR) is 218 cm³/mol. The highest BCUT2D eigenvalue weighted by atomic mass is 16.3. The van der Waals surface area contributed by atoms with Crippen LogP contribution in [-0.4, -0.2) is 4.98 Å². The van der Waals surface area contributed by atoms with Gasteiger partial charge in [-0.2, -0.15) is 0 Å². The maximum Gasteiger partial charge on any atom is 0.147 e. The second-order valence-corrected chi connectivity index (χ2v) is 14.0. The minimum atomic E-state index is -0.166. The molecule has 1 aliphatic rings. The van der Waals surface area contributed by atoms with Crippen molar-refractivity contribution in [3.05, 3.63) is 187 Å². The lowest BCUT2D eigenvalue weighted by Crippen LogP contribution is -2.54. The molecule has 1 saturated heterocycles. The van der Waals surface area contributed by atoms with E-state index in [0.717, 1.165) is 88.3 Å². The van der Waals surface area contributed by atoms with Crippen LogP contribution in [0, 0.1) is 0 Å². The van der Waals surface area contributed by atoms with Crippen molar-refractivity contribution in [3.63, 3.8) is 0 Å². The highest BCUT2D eigenvalue weighted by molar-refractivity contribution is 6.19. The van der Waals surface area contributed by atoms with Gasteiger partial charge in [0.15, 0.2) is 0 Å². The van der Waals surface area contributed by atoms with Gasteiger partial charge in [-0.15, -0.1) is 0 Å². The van der Waals surface area contributed by atoms with Gasteiger partial charge in [0, 0.05) is 32.7 Å². The number of benzene rings is 7. The first-order valence-electron chi connectivity index (χ1n) is 18.4. The first kappa shape index (κ1) is 31.0. The van der Waals surface area contributed by atoms with Crippen molar-refractivity contribution >= 4 is 54.8 Å². The predicted octanol–water partition coefficient (Wildman–Crippen LogP) is 11.5. The van der Waals surface area contributed by atoms with Crippen molar-refractivity contribution < 1.29 is 8.83 Å². The van der Waals surface area contributed by atoms with Gasteiger partial charge in [0.25, 0.3) is 0 Å². The van der Waals surface area contributed by atoms with Crippen molar-refractivity contribution in [1.82, 2.24) is 20.9 Å². The van der Waals surface area contributed by atoms with Gasteiger partial charge >= 0.3 is 0 Å². The average Bonchev–Trinajstić information content (AvgIpc) is 3.83. The fraction of sp³-hybridized carbons (Fsp3) is 0.0625. The molecule has 6 heteroatoms. The lowest BCUT2D eigenvalue weighted by Gasteiger charge is -2.39. The number of fused-ring (bicyclic) bond motifs is 8. The van der Waals surface area contributed by atoms with Crippen molar-refractivity contribution in [3.8, 4) is 22.4 Å². The van der Waals surface area contributed by atoms with E-state index in [9.17, 15) is 0 Å². The number of hydrogen-bond acceptors (Lipinski definition) is 6. The third-order valence-electron chi connectivity index (χ3n) is 10.8. The van der Waals surface area contributed by atoms with Crippen LogP contribution in [-0.2, 0) is 0 Å². The van der Waals surface area contributed by atoms with Crippen molar-refractivity contribution in [2.75, 3.05) is 0 Å². The molecule has 258 valence electrons. The Morgan fingerprint density at radius 3 is 1.69 bits per heavy atom. The summed E-state index contributed by atoms with van der Waals surface area (Å²) in [6.45, 7) is 0. The van der Waals surface area contributed by atoms with Crippen LogP contribution >= 0.6 is 0 Å². The van der Waals surface area contributed by atoms with Gasteiger partial charge in [-0.05, 0) is 46.5 Å². The van der Waals surface area contributed by atoms with Crippen LogP contribution in [0.1, 0.15) is 35.2 Å². The Balaban J connectivity index is 0.924. The Morgan fingerprint density at radius 2 is 0.926 bits per heavy atom. The lowest BCUT2D eigenvalue weighted by molar-refractivity contribution is 0.203. The van der Waals surface area contributed by atoms with E-state index < -0.39 is 0 Å². The molecule has 3 aromatic heterocycles. The molecular weight excluding hydrogens is 665 g/mol. The van der Waals surface area contributed by atoms with E-state index in [-0.39, 0.29) is 18.5 Å². The van der Waals surface area contributed by atoms with E-state index in [0.29, 0.717) is 0 Å². The van der Waals surface area contributed by atoms with E-state index >= 15 is 0 Å². The number of nitrogens with one attached hydrogen (secondary N) is 3. The largest absolute Gasteiger partial charge is 0.456 e. The number of nitrogens with zero attached hydrogens (tertiary/aromatic N) is 1. The molecule has 0 bridgehead atoms. The molecular formula is C48H34N4O2. The molecule has 1 aliphatic heterocycles. The highest BCUT2D eigenvalue weighted by Crippen LogP contribution is 2.40. The normalized spacial score (nSPS) is 17.6. The maximum atomic E-state index is 6.47. The molecule has 3 unspecified atom stereocenters. The van der Waals surface area contributed by atoms with Crippen LogP contribution in [0.3, 0.4) is 0 Å². The summed E-state index contributed by atoms with van der Waals surface area (Å²) in [4.78, 5) is 5.16. The Bertz CT molecular complexity index is 2990. The van der Waals surface area contributed by atoms with Gasteiger partial charge in [-0.25, -0.2) is 4.98 Å². The number of para-hydroxylation sites is 4. The molecule has 0 saturated carbocycles. The average molecular weight is 699 g/mol. The van der Waals surface area contributed by atoms with Crippen LogP contribution < -0.4 is 16.0 Å². The summed E-state index contributed by atoms with van der Waals surface area (Å²) >= 11 is 0. The van der Waals surface area contributed by atoms with E-state index in [4.69, 9.17) is 13.8 Å². The number of aromatic nitrogens is 1. The second-order valence-electron chi connectivity index (χ2n) is 14.0. The van der Waals surface area contributed by atoms with Gasteiger partial charge in [-0.1, -0.05) is 146 Å². The standard InChI is InChI=1S/C48H34N4O2/c1-2-11-32(12-3-1)46-50-47(52-48(51-46)38-17-10-16-35-34-13-5-8-19-40(34)53-44(35)38)33-27-23-30(24-28-33)29-21-25-31(26-22-29)43-42-37-15-6-9-20-41(37)54-45(42)36-14-4-7-18-39(36)49-43/h1-28,46-48,50-52H. The Labute approximate surface area is 311 Å². The van der Waals surface area contributed by atoms with Gasteiger partial charge in [0.2, 0.25) is 0 Å². The summed E-state index contributed by atoms with van der Waals surface area (Å²) in [6.07, 6.45) is -0.374. The molecule has 0 aliphatic carbocycles. The Kier molecular flexibility index (Phi) is 7.20. The van der Waals surface area contributed by atoms with Crippen LogP contribution in [0.2, 0.25) is 0 Å². The quantitative estimate of drug-likeness (QED) is 0.166. The van der Waals surface area contributed by atoms with Crippen molar-refractivity contribution in [1.29, 1.82) is 0 Å². The van der Waals surface area contributed by atoms with Gasteiger partial charge in [0.1, 0.15) is 22.3 Å². The molecule has 6 nitrogen and oxygen atoms in total. The molecule has 4 heterocycles. The first-order valence-corrected chi connectivity index (χ1v) is 18.4. The topological polar surface area (TPSA) is 75.3 Å². The van der Waals surface area contributed by atoms with Crippen LogP contribution in [0.25, 0.3) is 77.2 Å². The smallest absolute Gasteiger partial charge is 0.147 e. The van der Waals surface area contributed by atoms with Crippen LogP contribution in [0.5, 0.6) is 0 Å². The van der Waals surface area contributed by atoms with E-state index in [2.05, 4.69) is 149 Å². The second kappa shape index (κ2) is 12.5. The summed E-state index contributed by atoms with van der Waals surface area (Å²) in [5.74, 6) is 0. The molecule has 0 spiro atoms. The molecule has 0 radical (unpaired) electrons. The van der Waals surface area contributed by atoms with Gasteiger partial charge in [0.05, 0.1) is 35.1 Å². The highest BCUT2D eigenvalue weighted by Gasteiger charge is 2.31. The number of hydrogen-bond donors (Lipinski definition) is 3. The monoisotopic (exact) mass is 698 g/mol. The minimum absolute atomic E-state index is 0.0863. The molecule has 10 aromatic rings. The van der Waals surface area contributed by atoms with E-state index in [1.165, 1.54) is 5.56 Å². The summed E-state index contributed by atoms with van der Waals surface area (Å²) in [5, 5.41) is 16.9. The molecule has 54 heavy (non-hydrogen) atoms. The van der Waals surface area contributed by atoms with Gasteiger partial charge < -0.3 is 8.83 Å². The van der Waals surface area contributed by atoms with Gasteiger partial charge in [-0.3, -0.25) is 16.0 Å². The molecule has 7 aromatic carbocycles. The van der Waals surface area contributed by atoms with Crippen molar-refractivity contribution in [2.45, 2.75) is 18.5 Å². The zero-order valence-corrected chi connectivity index (χ0v) is 29.2. The fourth-order valence-electron chi connectivity index (χ4n) is 8.16. The molecule has 11 rings (SSSR count). The zero-order chi connectivity index (χ0) is 35.6. The van der Waals surface area contributed by atoms with E-state index in [1.807, 2.05) is 36.4 Å². The molecule has 3 N–H and O–H groups in total. The van der Waals surface area contributed by atoms with E-state index in [1.54, 1.807) is 0 Å². The summed E-state index contributed by atoms with van der Waals surface area (Å²) in [6, 6.07) is 59.2. The third-order valence-corrected chi connectivity index (χ3v) is 10.8.